The Morgan fingerprint density at radius 2 is 1.85 bits per heavy atom. The monoisotopic (exact) mass is 299 g/mol. The Bertz CT molecular complexity index is 345. The van der Waals surface area contributed by atoms with Gasteiger partial charge in [-0.15, -0.1) is 11.5 Å². The first-order chi connectivity index (χ1) is 9.10. The van der Waals surface area contributed by atoms with Gasteiger partial charge in [0.15, 0.2) is 0 Å². The van der Waals surface area contributed by atoms with Crippen LogP contribution >= 0.6 is 0 Å². The molecule has 0 fully saturated rings. The third-order valence-electron chi connectivity index (χ3n) is 1.97. The Morgan fingerprint density at radius 1 is 1.20 bits per heavy atom. The number of hydrogen-bond acceptors (Lipinski definition) is 3. The van der Waals surface area contributed by atoms with Crippen LogP contribution in [0.3, 0.4) is 0 Å². The molecule has 0 rings (SSSR count). The molecule has 0 atom stereocenters. The van der Waals surface area contributed by atoms with E-state index in [-0.39, 0.29) is 6.09 Å². The lowest BCUT2D eigenvalue weighted by Crippen LogP contribution is -2.33. The van der Waals surface area contributed by atoms with Gasteiger partial charge in [-0.3, -0.25) is 0 Å². The lowest BCUT2D eigenvalue weighted by molar-refractivity contribution is 0.0520. The number of ether oxygens (including phenoxy) is 2. The van der Waals surface area contributed by atoms with Crippen molar-refractivity contribution in [1.82, 2.24) is 5.32 Å². The van der Waals surface area contributed by atoms with E-state index in [1.165, 1.54) is 0 Å². The minimum atomic E-state index is -1.25. The fraction of sp³-hybridized carbons (Fsp3) is 0.800. The van der Waals surface area contributed by atoms with E-state index >= 15 is 0 Å². The molecule has 4 nitrogen and oxygen atoms in total. The molecule has 0 aliphatic heterocycles. The van der Waals surface area contributed by atoms with Gasteiger partial charge in [-0.2, -0.15) is 0 Å². The van der Waals surface area contributed by atoms with E-state index in [0.29, 0.717) is 19.8 Å². The molecule has 0 heterocycles. The minimum absolute atomic E-state index is 0.376. The molecule has 5 heteroatoms. The molecule has 0 aromatic carbocycles. The molecule has 0 radical (unpaired) electrons. The number of amides is 1. The molecule has 0 aromatic heterocycles. The second kappa shape index (κ2) is 9.04. The van der Waals surface area contributed by atoms with Gasteiger partial charge in [-0.25, -0.2) is 4.79 Å². The summed E-state index contributed by atoms with van der Waals surface area (Å²) in [6, 6.07) is 0. The van der Waals surface area contributed by atoms with Gasteiger partial charge in [0.05, 0.1) is 6.61 Å². The third kappa shape index (κ3) is 15.1. The Kier molecular flexibility index (Phi) is 8.59. The normalized spacial score (nSPS) is 11.5. The summed E-state index contributed by atoms with van der Waals surface area (Å²) in [4.78, 5) is 11.3. The van der Waals surface area contributed by atoms with Crippen molar-refractivity contribution >= 4 is 14.2 Å². The van der Waals surface area contributed by atoms with Crippen LogP contribution in [-0.4, -0.2) is 39.5 Å². The first-order valence-electron chi connectivity index (χ1n) is 7.15. The summed E-state index contributed by atoms with van der Waals surface area (Å²) in [5.41, 5.74) is 2.85. The van der Waals surface area contributed by atoms with Crippen LogP contribution in [0.15, 0.2) is 0 Å². The van der Waals surface area contributed by atoms with E-state index in [4.69, 9.17) is 9.47 Å². The summed E-state index contributed by atoms with van der Waals surface area (Å²) in [5.74, 6) is 3.16. The van der Waals surface area contributed by atoms with Crippen LogP contribution < -0.4 is 5.32 Å². The molecule has 0 spiro atoms. The van der Waals surface area contributed by atoms with Crippen LogP contribution in [-0.2, 0) is 9.47 Å². The highest BCUT2D eigenvalue weighted by Gasteiger charge is 2.15. The number of rotatable bonds is 6. The molecule has 0 unspecified atom stereocenters. The standard InChI is InChI=1S/C15H29NO3Si/c1-15(2,3)19-14(17)16-10-9-12-18-11-7-8-13-20(4,5)6/h7,9-12H2,1-6H3,(H,16,17). The van der Waals surface area contributed by atoms with Crippen molar-refractivity contribution < 1.29 is 14.3 Å². The Hall–Kier alpha value is -0.993. The Labute approximate surface area is 124 Å². The fourth-order valence-electron chi connectivity index (χ4n) is 1.23. The molecule has 0 aromatic rings. The maximum absolute atomic E-state index is 11.3. The Balaban J connectivity index is 3.45. The summed E-state index contributed by atoms with van der Waals surface area (Å²) in [6.45, 7) is 14.1. The molecule has 0 bridgehead atoms. The molecule has 0 saturated carbocycles. The van der Waals surface area contributed by atoms with Gasteiger partial charge >= 0.3 is 6.09 Å². The minimum Gasteiger partial charge on any atom is -0.444 e. The summed E-state index contributed by atoms with van der Waals surface area (Å²) in [6.07, 6.45) is 1.18. The lowest BCUT2D eigenvalue weighted by atomic mass is 10.2. The maximum atomic E-state index is 11.3. The van der Waals surface area contributed by atoms with Crippen molar-refractivity contribution in [2.75, 3.05) is 19.8 Å². The number of alkyl carbamates (subject to hydrolysis) is 1. The van der Waals surface area contributed by atoms with E-state index in [1.807, 2.05) is 20.8 Å². The maximum Gasteiger partial charge on any atom is 0.407 e. The van der Waals surface area contributed by atoms with Crippen molar-refractivity contribution in [3.8, 4) is 11.5 Å². The van der Waals surface area contributed by atoms with E-state index in [1.54, 1.807) is 0 Å². The Morgan fingerprint density at radius 3 is 2.40 bits per heavy atom. The average Bonchev–Trinajstić information content (AvgIpc) is 2.22. The largest absolute Gasteiger partial charge is 0.444 e. The van der Waals surface area contributed by atoms with Crippen LogP contribution in [0.5, 0.6) is 0 Å². The van der Waals surface area contributed by atoms with E-state index in [0.717, 1.165) is 12.8 Å². The van der Waals surface area contributed by atoms with Crippen molar-refractivity contribution in [3.05, 3.63) is 0 Å². The number of nitrogens with one attached hydrogen (secondary N) is 1. The van der Waals surface area contributed by atoms with Crippen LogP contribution in [0.1, 0.15) is 33.6 Å². The molecule has 1 amide bonds. The van der Waals surface area contributed by atoms with Crippen LogP contribution in [0.4, 0.5) is 4.79 Å². The van der Waals surface area contributed by atoms with Gasteiger partial charge in [0.25, 0.3) is 0 Å². The molecular weight excluding hydrogens is 270 g/mol. The van der Waals surface area contributed by atoms with Crippen LogP contribution in [0.2, 0.25) is 19.6 Å². The van der Waals surface area contributed by atoms with Gasteiger partial charge in [0.2, 0.25) is 0 Å². The van der Waals surface area contributed by atoms with Crippen molar-refractivity contribution in [2.45, 2.75) is 58.9 Å². The first-order valence-corrected chi connectivity index (χ1v) is 10.6. The summed E-state index contributed by atoms with van der Waals surface area (Å²) in [5, 5.41) is 2.70. The predicted molar refractivity (Wildman–Crippen MR) is 85.4 cm³/mol. The summed E-state index contributed by atoms with van der Waals surface area (Å²) < 4.78 is 10.6. The smallest absolute Gasteiger partial charge is 0.407 e. The number of carbonyl (C=O) groups is 1. The van der Waals surface area contributed by atoms with Gasteiger partial charge in [0, 0.05) is 19.6 Å². The molecular formula is C15H29NO3Si. The molecule has 20 heavy (non-hydrogen) atoms. The highest BCUT2D eigenvalue weighted by molar-refractivity contribution is 6.83. The zero-order valence-corrected chi connectivity index (χ0v) is 14.8. The fourth-order valence-corrected chi connectivity index (χ4v) is 1.89. The molecule has 0 saturated heterocycles. The first kappa shape index (κ1) is 19.0. The summed E-state index contributed by atoms with van der Waals surface area (Å²) >= 11 is 0. The van der Waals surface area contributed by atoms with Gasteiger partial charge < -0.3 is 14.8 Å². The molecule has 0 aliphatic rings. The zero-order valence-electron chi connectivity index (χ0n) is 13.8. The van der Waals surface area contributed by atoms with Crippen LogP contribution in [0.25, 0.3) is 0 Å². The highest BCUT2D eigenvalue weighted by atomic mass is 28.3. The van der Waals surface area contributed by atoms with Crippen molar-refractivity contribution in [3.63, 3.8) is 0 Å². The van der Waals surface area contributed by atoms with E-state index in [2.05, 4.69) is 36.4 Å². The highest BCUT2D eigenvalue weighted by Crippen LogP contribution is 2.06. The second-order valence-corrected chi connectivity index (χ2v) is 11.4. The van der Waals surface area contributed by atoms with Crippen molar-refractivity contribution in [2.24, 2.45) is 0 Å². The quantitative estimate of drug-likeness (QED) is 0.465. The van der Waals surface area contributed by atoms with Crippen LogP contribution in [0, 0.1) is 11.5 Å². The number of hydrogen-bond donors (Lipinski definition) is 1. The topological polar surface area (TPSA) is 47.6 Å². The van der Waals surface area contributed by atoms with Crippen molar-refractivity contribution in [1.29, 1.82) is 0 Å². The number of carbonyl (C=O) groups excluding carboxylic acids is 1. The second-order valence-electron chi connectivity index (χ2n) is 6.70. The van der Waals surface area contributed by atoms with Gasteiger partial charge in [0.1, 0.15) is 13.7 Å². The molecule has 0 aliphatic carbocycles. The van der Waals surface area contributed by atoms with E-state index < -0.39 is 13.7 Å². The average molecular weight is 299 g/mol. The summed E-state index contributed by atoms with van der Waals surface area (Å²) in [7, 11) is -1.25. The van der Waals surface area contributed by atoms with E-state index in [9.17, 15) is 4.79 Å². The lowest BCUT2D eigenvalue weighted by Gasteiger charge is -2.19. The molecule has 116 valence electrons. The van der Waals surface area contributed by atoms with Gasteiger partial charge in [-0.1, -0.05) is 19.6 Å². The zero-order chi connectivity index (χ0) is 15.6. The third-order valence-corrected chi connectivity index (χ3v) is 2.90. The van der Waals surface area contributed by atoms with Gasteiger partial charge in [-0.05, 0) is 27.2 Å². The SMILES string of the molecule is CC(C)(C)OC(=O)NCCCOCCC#C[Si](C)(C)C. The predicted octanol–water partition coefficient (Wildman–Crippen LogP) is 3.19. The molecule has 1 N–H and O–H groups in total.